The number of benzene rings is 2. The van der Waals surface area contributed by atoms with Gasteiger partial charge in [0.05, 0.1) is 22.6 Å². The molecule has 0 spiro atoms. The van der Waals surface area contributed by atoms with Crippen LogP contribution in [0.15, 0.2) is 52.9 Å². The third-order valence-electron chi connectivity index (χ3n) is 4.89. The van der Waals surface area contributed by atoms with Crippen molar-refractivity contribution in [1.29, 1.82) is 0 Å². The van der Waals surface area contributed by atoms with Gasteiger partial charge in [-0.1, -0.05) is 41.1 Å². The Morgan fingerprint density at radius 2 is 1.90 bits per heavy atom. The number of aromatic nitrogens is 5. The van der Waals surface area contributed by atoms with E-state index >= 15 is 0 Å². The van der Waals surface area contributed by atoms with Crippen molar-refractivity contribution in [2.75, 3.05) is 0 Å². The Balaban J connectivity index is 1.35. The summed E-state index contributed by atoms with van der Waals surface area (Å²) in [4.78, 5) is 14.8. The molecule has 0 aliphatic heterocycles. The maximum absolute atomic E-state index is 13.0. The summed E-state index contributed by atoms with van der Waals surface area (Å²) in [5.41, 5.74) is 2.27. The second-order valence-corrected chi connectivity index (χ2v) is 7.38. The molecule has 2 heterocycles. The van der Waals surface area contributed by atoms with Gasteiger partial charge in [-0.05, 0) is 37.1 Å². The molecule has 29 heavy (non-hydrogen) atoms. The Bertz CT molecular complexity index is 1180. The molecule has 4 aromatic rings. The van der Waals surface area contributed by atoms with Crippen LogP contribution in [0.5, 0.6) is 0 Å². The smallest absolute Gasteiger partial charge is 0.249 e. The van der Waals surface area contributed by atoms with E-state index in [1.165, 1.54) is 0 Å². The maximum atomic E-state index is 13.0. The third-order valence-corrected chi connectivity index (χ3v) is 5.22. The molecule has 1 aliphatic rings. The first-order valence-corrected chi connectivity index (χ1v) is 9.72. The van der Waals surface area contributed by atoms with Crippen LogP contribution in [0.4, 0.5) is 0 Å². The van der Waals surface area contributed by atoms with E-state index in [1.807, 2.05) is 42.5 Å². The highest BCUT2D eigenvalue weighted by molar-refractivity contribution is 6.33. The first-order valence-electron chi connectivity index (χ1n) is 9.34. The average molecular weight is 409 g/mol. The number of nitrogens with zero attached hydrogens (tertiary/aromatic N) is 6. The number of carbonyl (C=O) groups excluding carboxylic acids is 1. The molecule has 0 radical (unpaired) electrons. The summed E-state index contributed by atoms with van der Waals surface area (Å²) in [5.74, 6) is 0.667. The summed E-state index contributed by atoms with van der Waals surface area (Å²) < 4.78 is 7.40. The zero-order valence-electron chi connectivity index (χ0n) is 15.4. The van der Waals surface area contributed by atoms with Gasteiger partial charge in [-0.25, -0.2) is 4.68 Å². The van der Waals surface area contributed by atoms with Crippen LogP contribution in [0.1, 0.15) is 18.7 Å². The number of para-hydroxylation sites is 1. The lowest BCUT2D eigenvalue weighted by Crippen LogP contribution is -2.35. The van der Waals surface area contributed by atoms with Crippen molar-refractivity contribution >= 4 is 28.5 Å². The summed E-state index contributed by atoms with van der Waals surface area (Å²) >= 11 is 6.20. The molecular weight excluding hydrogens is 392 g/mol. The normalized spacial score (nSPS) is 13.7. The van der Waals surface area contributed by atoms with Crippen LogP contribution >= 0.6 is 11.6 Å². The van der Waals surface area contributed by atoms with Crippen LogP contribution in [0.25, 0.3) is 22.5 Å². The van der Waals surface area contributed by atoms with Crippen LogP contribution < -0.4 is 0 Å². The van der Waals surface area contributed by atoms with Crippen LogP contribution in [0.2, 0.25) is 5.02 Å². The molecule has 2 aromatic carbocycles. The Labute approximate surface area is 171 Å². The molecule has 0 saturated heterocycles. The Kier molecular flexibility index (Phi) is 4.48. The van der Waals surface area contributed by atoms with Gasteiger partial charge in [-0.2, -0.15) is 0 Å². The molecule has 5 rings (SSSR count). The van der Waals surface area contributed by atoms with Gasteiger partial charge in [0.1, 0.15) is 12.1 Å². The molecule has 2 aromatic heterocycles. The lowest BCUT2D eigenvalue weighted by Gasteiger charge is -2.20. The molecule has 0 unspecified atom stereocenters. The minimum absolute atomic E-state index is 0.0550. The molecule has 0 atom stereocenters. The lowest BCUT2D eigenvalue weighted by molar-refractivity contribution is -0.133. The van der Waals surface area contributed by atoms with Gasteiger partial charge < -0.3 is 9.32 Å². The number of rotatable bonds is 6. The van der Waals surface area contributed by atoms with E-state index in [0.717, 1.165) is 23.9 Å². The molecule has 8 nitrogen and oxygen atoms in total. The van der Waals surface area contributed by atoms with Crippen LogP contribution in [-0.4, -0.2) is 42.0 Å². The van der Waals surface area contributed by atoms with Crippen LogP contribution in [0.3, 0.4) is 0 Å². The summed E-state index contributed by atoms with van der Waals surface area (Å²) in [6.45, 7) is 0.371. The highest BCUT2D eigenvalue weighted by atomic mass is 35.5. The first kappa shape index (κ1) is 17.8. The SMILES string of the molecule is O=C(Cn1nnc2ccccc21)N(Cc1nnc(-c2ccccc2Cl)o1)C1CC1. The van der Waals surface area contributed by atoms with Crippen molar-refractivity contribution in [3.05, 3.63) is 59.4 Å². The van der Waals surface area contributed by atoms with Crippen molar-refractivity contribution in [2.24, 2.45) is 0 Å². The fraction of sp³-hybridized carbons (Fsp3) is 0.250. The second kappa shape index (κ2) is 7.29. The summed E-state index contributed by atoms with van der Waals surface area (Å²) in [5, 5.41) is 17.0. The molecule has 9 heteroatoms. The van der Waals surface area contributed by atoms with Crippen LogP contribution in [0, 0.1) is 0 Å². The quantitative estimate of drug-likeness (QED) is 0.486. The zero-order chi connectivity index (χ0) is 19.8. The van der Waals surface area contributed by atoms with Gasteiger partial charge in [0.15, 0.2) is 0 Å². The number of carbonyl (C=O) groups is 1. The van der Waals surface area contributed by atoms with Crippen LogP contribution in [-0.2, 0) is 17.9 Å². The van der Waals surface area contributed by atoms with E-state index in [4.69, 9.17) is 16.0 Å². The fourth-order valence-corrected chi connectivity index (χ4v) is 3.48. The second-order valence-electron chi connectivity index (χ2n) is 6.97. The number of halogens is 1. The third kappa shape index (κ3) is 3.58. The maximum Gasteiger partial charge on any atom is 0.249 e. The monoisotopic (exact) mass is 408 g/mol. The Morgan fingerprint density at radius 3 is 2.72 bits per heavy atom. The summed E-state index contributed by atoms with van der Waals surface area (Å²) in [7, 11) is 0. The van der Waals surface area contributed by atoms with E-state index in [-0.39, 0.29) is 25.0 Å². The van der Waals surface area contributed by atoms with Gasteiger partial charge in [0.25, 0.3) is 0 Å². The molecule has 1 amide bonds. The number of hydrogen-bond donors (Lipinski definition) is 0. The molecule has 1 fully saturated rings. The molecule has 0 N–H and O–H groups in total. The Morgan fingerprint density at radius 1 is 1.10 bits per heavy atom. The standard InChI is InChI=1S/C20H17ClN6O2/c21-15-6-2-1-5-14(15)20-24-23-18(29-20)11-26(13-9-10-13)19(28)12-27-17-8-4-3-7-16(17)22-25-27/h1-8,13H,9-12H2. The minimum atomic E-state index is -0.0550. The number of amides is 1. The van der Waals surface area contributed by atoms with Gasteiger partial charge in [-0.15, -0.1) is 15.3 Å². The lowest BCUT2D eigenvalue weighted by atomic mass is 10.2. The van der Waals surface area contributed by atoms with E-state index in [2.05, 4.69) is 20.5 Å². The van der Waals surface area contributed by atoms with Crippen molar-refractivity contribution in [1.82, 2.24) is 30.1 Å². The molecular formula is C20H17ClN6O2. The van der Waals surface area contributed by atoms with E-state index in [9.17, 15) is 4.79 Å². The van der Waals surface area contributed by atoms with Crippen molar-refractivity contribution in [3.8, 4) is 11.5 Å². The summed E-state index contributed by atoms with van der Waals surface area (Å²) in [6.07, 6.45) is 1.94. The molecule has 0 bridgehead atoms. The van der Waals surface area contributed by atoms with Gasteiger partial charge in [0.2, 0.25) is 17.7 Å². The Hall–Kier alpha value is -3.26. The van der Waals surface area contributed by atoms with E-state index in [0.29, 0.717) is 22.4 Å². The molecule has 1 saturated carbocycles. The predicted octanol–water partition coefficient (Wildman–Crippen LogP) is 3.33. The predicted molar refractivity (Wildman–Crippen MR) is 106 cm³/mol. The van der Waals surface area contributed by atoms with Gasteiger partial charge in [0, 0.05) is 6.04 Å². The summed E-state index contributed by atoms with van der Waals surface area (Å²) in [6, 6.07) is 15.0. The molecule has 1 aliphatic carbocycles. The molecule has 146 valence electrons. The van der Waals surface area contributed by atoms with E-state index in [1.54, 1.807) is 15.6 Å². The highest BCUT2D eigenvalue weighted by Gasteiger charge is 2.34. The number of fused-ring (bicyclic) bond motifs is 1. The fourth-order valence-electron chi connectivity index (χ4n) is 3.27. The zero-order valence-corrected chi connectivity index (χ0v) is 16.2. The first-order chi connectivity index (χ1) is 14.2. The average Bonchev–Trinajstić information content (AvgIpc) is 3.33. The van der Waals surface area contributed by atoms with Crippen molar-refractivity contribution < 1.29 is 9.21 Å². The number of hydrogen-bond acceptors (Lipinski definition) is 6. The topological polar surface area (TPSA) is 89.9 Å². The van der Waals surface area contributed by atoms with Gasteiger partial charge in [-0.3, -0.25) is 4.79 Å². The largest absolute Gasteiger partial charge is 0.419 e. The minimum Gasteiger partial charge on any atom is -0.419 e. The highest BCUT2D eigenvalue weighted by Crippen LogP contribution is 2.30. The van der Waals surface area contributed by atoms with Crippen molar-refractivity contribution in [3.63, 3.8) is 0 Å². The van der Waals surface area contributed by atoms with Gasteiger partial charge >= 0.3 is 0 Å². The van der Waals surface area contributed by atoms with E-state index < -0.39 is 0 Å². The van der Waals surface area contributed by atoms with Crippen molar-refractivity contribution in [2.45, 2.75) is 32.0 Å².